The summed E-state index contributed by atoms with van der Waals surface area (Å²) in [6, 6.07) is 0. The molecule has 1 fully saturated rings. The summed E-state index contributed by atoms with van der Waals surface area (Å²) in [5, 5.41) is 33.0. The number of anilines is 1. The van der Waals surface area contributed by atoms with Gasteiger partial charge >= 0.3 is 0 Å². The molecule has 2 aliphatic heterocycles. The molecule has 0 bridgehead atoms. The van der Waals surface area contributed by atoms with Gasteiger partial charge in [-0.3, -0.25) is 4.57 Å². The first-order chi connectivity index (χ1) is 12.6. The highest BCUT2D eigenvalue weighted by molar-refractivity contribution is 5.84. The number of nitrogen functional groups attached to an aromatic ring is 1. The third-order valence-corrected chi connectivity index (χ3v) is 4.34. The Morgan fingerprint density at radius 3 is 2.81 bits per heavy atom. The molecule has 0 radical (unpaired) electrons. The van der Waals surface area contributed by atoms with Crippen molar-refractivity contribution in [2.45, 2.75) is 24.5 Å². The molecule has 2 aliphatic rings. The number of hydrogen-bond acceptors (Lipinski definition) is 9. The predicted octanol–water partition coefficient (Wildman–Crippen LogP) is -0.966. The van der Waals surface area contributed by atoms with Gasteiger partial charge in [-0.05, 0) is 12.2 Å². The minimum atomic E-state index is -1.28. The molecular formula is C16H18N6O4. The van der Waals surface area contributed by atoms with Crippen LogP contribution in [0.2, 0.25) is 0 Å². The van der Waals surface area contributed by atoms with Crippen molar-refractivity contribution in [1.82, 2.24) is 24.8 Å². The second kappa shape index (κ2) is 6.50. The van der Waals surface area contributed by atoms with Crippen molar-refractivity contribution in [2.75, 3.05) is 12.3 Å². The largest absolute Gasteiger partial charge is 0.394 e. The maximum atomic E-state index is 10.5. The van der Waals surface area contributed by atoms with Gasteiger partial charge in [0.25, 0.3) is 0 Å². The van der Waals surface area contributed by atoms with Crippen molar-refractivity contribution >= 4 is 22.7 Å². The quantitative estimate of drug-likeness (QED) is 0.467. The van der Waals surface area contributed by atoms with E-state index in [9.17, 15) is 15.3 Å². The van der Waals surface area contributed by atoms with E-state index in [0.717, 1.165) is 0 Å². The molecule has 0 spiro atoms. The number of fused-ring (bicyclic) bond motifs is 1. The molecule has 10 nitrogen and oxygen atoms in total. The number of ether oxygens (including phenoxy) is 1. The molecule has 4 rings (SSSR count). The van der Waals surface area contributed by atoms with Crippen molar-refractivity contribution in [1.29, 1.82) is 0 Å². The molecule has 6 N–H and O–H groups in total. The van der Waals surface area contributed by atoms with Gasteiger partial charge in [-0.25, -0.2) is 15.0 Å². The minimum Gasteiger partial charge on any atom is -0.394 e. The number of nitrogens with two attached hydrogens (primary N) is 1. The molecule has 10 heteroatoms. The molecule has 0 aliphatic carbocycles. The maximum absolute atomic E-state index is 10.5. The summed E-state index contributed by atoms with van der Waals surface area (Å²) in [7, 11) is 0. The minimum absolute atomic E-state index is 0.182. The van der Waals surface area contributed by atoms with E-state index in [2.05, 4.69) is 20.3 Å². The Kier molecular flexibility index (Phi) is 4.17. The number of imidazole rings is 1. The normalized spacial score (nSPS) is 28.2. The lowest BCUT2D eigenvalue weighted by atomic mass is 10.1. The third kappa shape index (κ3) is 2.56. The van der Waals surface area contributed by atoms with Crippen LogP contribution in [0.5, 0.6) is 0 Å². The van der Waals surface area contributed by atoms with Gasteiger partial charge in [0, 0.05) is 6.20 Å². The molecule has 2 aromatic rings. The van der Waals surface area contributed by atoms with Gasteiger partial charge in [0.05, 0.1) is 12.3 Å². The van der Waals surface area contributed by atoms with E-state index in [-0.39, 0.29) is 5.82 Å². The van der Waals surface area contributed by atoms with Crippen LogP contribution in [0.4, 0.5) is 5.82 Å². The fraction of sp³-hybridized carbons (Fsp3) is 0.312. The molecule has 0 saturated carbocycles. The molecule has 4 heterocycles. The van der Waals surface area contributed by atoms with Crippen molar-refractivity contribution in [2.24, 2.45) is 0 Å². The Hall–Kier alpha value is -2.79. The van der Waals surface area contributed by atoms with E-state index < -0.39 is 31.1 Å². The number of allylic oxidation sites excluding steroid dienone is 4. The highest BCUT2D eigenvalue weighted by Crippen LogP contribution is 2.35. The zero-order chi connectivity index (χ0) is 18.3. The third-order valence-electron chi connectivity index (χ3n) is 4.34. The fourth-order valence-corrected chi connectivity index (χ4v) is 3.05. The van der Waals surface area contributed by atoms with Crippen LogP contribution in [0.25, 0.3) is 16.9 Å². The smallest absolute Gasteiger partial charge is 0.168 e. The van der Waals surface area contributed by atoms with Gasteiger partial charge in [0.1, 0.15) is 24.6 Å². The van der Waals surface area contributed by atoms with Gasteiger partial charge < -0.3 is 31.1 Å². The predicted molar refractivity (Wildman–Crippen MR) is 92.1 cm³/mol. The topological polar surface area (TPSA) is 152 Å². The van der Waals surface area contributed by atoms with Gasteiger partial charge in [-0.1, -0.05) is 12.2 Å². The van der Waals surface area contributed by atoms with E-state index in [1.807, 2.05) is 18.2 Å². The average Bonchev–Trinajstić information content (AvgIpc) is 3.01. The summed E-state index contributed by atoms with van der Waals surface area (Å²) in [5.74, 6) is 0.584. The molecule has 4 atom stereocenters. The monoisotopic (exact) mass is 358 g/mol. The van der Waals surface area contributed by atoms with E-state index in [1.165, 1.54) is 6.33 Å². The summed E-state index contributed by atoms with van der Waals surface area (Å²) >= 11 is 0. The highest BCUT2D eigenvalue weighted by Gasteiger charge is 2.45. The lowest BCUT2D eigenvalue weighted by Crippen LogP contribution is -2.33. The Labute approximate surface area is 148 Å². The number of aliphatic hydroxyl groups is 3. The van der Waals surface area contributed by atoms with Crippen LogP contribution in [-0.4, -0.2) is 59.8 Å². The number of aromatic nitrogens is 4. The van der Waals surface area contributed by atoms with Gasteiger partial charge in [-0.15, -0.1) is 0 Å². The van der Waals surface area contributed by atoms with Crippen molar-refractivity contribution in [3.8, 4) is 0 Å². The van der Waals surface area contributed by atoms with Crippen molar-refractivity contribution in [3.05, 3.63) is 42.7 Å². The van der Waals surface area contributed by atoms with Crippen molar-refractivity contribution in [3.63, 3.8) is 0 Å². The van der Waals surface area contributed by atoms with Crippen LogP contribution in [0.15, 0.2) is 36.8 Å². The molecular weight excluding hydrogens is 340 g/mol. The van der Waals surface area contributed by atoms with Crippen LogP contribution < -0.4 is 11.1 Å². The molecule has 1 saturated heterocycles. The van der Waals surface area contributed by atoms with Crippen LogP contribution in [0.1, 0.15) is 12.1 Å². The second-order valence-corrected chi connectivity index (χ2v) is 5.93. The summed E-state index contributed by atoms with van der Waals surface area (Å²) in [6.45, 7) is -0.430. The molecule has 0 amide bonds. The lowest BCUT2D eigenvalue weighted by molar-refractivity contribution is -0.0514. The Morgan fingerprint density at radius 2 is 2.04 bits per heavy atom. The van der Waals surface area contributed by atoms with E-state index in [4.69, 9.17) is 10.5 Å². The fourth-order valence-electron chi connectivity index (χ4n) is 3.05. The Balaban J connectivity index is 1.91. The summed E-state index contributed by atoms with van der Waals surface area (Å²) in [4.78, 5) is 12.7. The molecule has 26 heavy (non-hydrogen) atoms. The van der Waals surface area contributed by atoms with Crippen LogP contribution in [0, 0.1) is 0 Å². The number of hydrogen-bond donors (Lipinski definition) is 5. The standard InChI is InChI=1S/C16H18N6O4/c17-13-10-15(20-7-19-13)22(16-12(25)11(24)9(6-23)26-16)14(21-10)8-4-2-1-3-5-18-8/h1-5,7,9,11-12,16,18,23-25H,6H2,(H2,17,19,20)/t9-,11-,12-,16-/m1/s1. The van der Waals surface area contributed by atoms with E-state index in [1.54, 1.807) is 16.8 Å². The SMILES string of the molecule is Nc1ncnc2c1nc(C1=CC=CC=CN1)n2[C@@H]1O[C@H](CO)[C@@H](O)[C@H]1O. The lowest BCUT2D eigenvalue weighted by Gasteiger charge is -2.20. The molecule has 2 aromatic heterocycles. The Morgan fingerprint density at radius 1 is 1.19 bits per heavy atom. The molecule has 0 aromatic carbocycles. The first kappa shape index (κ1) is 16.7. The van der Waals surface area contributed by atoms with Crippen LogP contribution in [-0.2, 0) is 4.74 Å². The second-order valence-electron chi connectivity index (χ2n) is 5.93. The highest BCUT2D eigenvalue weighted by atomic mass is 16.6. The molecule has 136 valence electrons. The van der Waals surface area contributed by atoms with Gasteiger partial charge in [0.2, 0.25) is 0 Å². The van der Waals surface area contributed by atoms with Gasteiger partial charge in [0.15, 0.2) is 29.0 Å². The summed E-state index contributed by atoms with van der Waals surface area (Å²) in [5.41, 5.74) is 7.24. The maximum Gasteiger partial charge on any atom is 0.168 e. The number of rotatable bonds is 3. The van der Waals surface area contributed by atoms with E-state index >= 15 is 0 Å². The number of aliphatic hydroxyl groups excluding tert-OH is 3. The number of nitrogens with one attached hydrogen (secondary N) is 1. The molecule has 0 unspecified atom stereocenters. The number of nitrogens with zero attached hydrogens (tertiary/aromatic N) is 4. The Bertz CT molecular complexity index is 921. The van der Waals surface area contributed by atoms with Crippen LogP contribution >= 0.6 is 0 Å². The first-order valence-corrected chi connectivity index (χ1v) is 8.03. The zero-order valence-corrected chi connectivity index (χ0v) is 13.6. The average molecular weight is 358 g/mol. The first-order valence-electron chi connectivity index (χ1n) is 8.03. The summed E-state index contributed by atoms with van der Waals surface area (Å²) in [6.07, 6.45) is 5.84. The van der Waals surface area contributed by atoms with Gasteiger partial charge in [-0.2, -0.15) is 0 Å². The van der Waals surface area contributed by atoms with Crippen molar-refractivity contribution < 1.29 is 20.1 Å². The summed E-state index contributed by atoms with van der Waals surface area (Å²) < 4.78 is 7.22. The van der Waals surface area contributed by atoms with E-state index in [0.29, 0.717) is 22.7 Å². The zero-order valence-electron chi connectivity index (χ0n) is 13.6. The van der Waals surface area contributed by atoms with Crippen LogP contribution in [0.3, 0.4) is 0 Å².